The minimum absolute atomic E-state index is 0.0112. The summed E-state index contributed by atoms with van der Waals surface area (Å²) in [6.07, 6.45) is 3.12. The average molecular weight is 268 g/mol. The lowest BCUT2D eigenvalue weighted by atomic mass is 9.60. The Bertz CT molecular complexity index is 372. The van der Waals surface area contributed by atoms with Gasteiger partial charge < -0.3 is 4.74 Å². The number of esters is 1. The third-order valence-electron chi connectivity index (χ3n) is 4.13. The standard InChI is InChI=1S/C15H24O4/c1-5-7-10-11(16)9-15(3,8-6-2)12(13(10)17)14(18)19-4/h10,12H,5-9H2,1-4H3. The predicted octanol–water partition coefficient (Wildman–Crippen LogP) is 2.54. The Kier molecular flexibility index (Phi) is 5.27. The largest absolute Gasteiger partial charge is 0.468 e. The monoisotopic (exact) mass is 268 g/mol. The smallest absolute Gasteiger partial charge is 0.316 e. The van der Waals surface area contributed by atoms with Gasteiger partial charge in [0.1, 0.15) is 11.7 Å². The van der Waals surface area contributed by atoms with Crippen LogP contribution in [0.5, 0.6) is 0 Å². The van der Waals surface area contributed by atoms with Crippen molar-refractivity contribution in [2.24, 2.45) is 17.3 Å². The molecule has 108 valence electrons. The predicted molar refractivity (Wildman–Crippen MR) is 71.6 cm³/mol. The molecule has 1 aliphatic carbocycles. The van der Waals surface area contributed by atoms with Gasteiger partial charge in [0.2, 0.25) is 0 Å². The van der Waals surface area contributed by atoms with Crippen LogP contribution in [0.15, 0.2) is 0 Å². The molecule has 0 heterocycles. The van der Waals surface area contributed by atoms with Crippen LogP contribution >= 0.6 is 0 Å². The number of ether oxygens (including phenoxy) is 1. The first-order chi connectivity index (χ1) is 8.91. The highest BCUT2D eigenvalue weighted by Gasteiger charge is 2.52. The molecular weight excluding hydrogens is 244 g/mol. The highest BCUT2D eigenvalue weighted by atomic mass is 16.5. The van der Waals surface area contributed by atoms with E-state index < -0.39 is 23.2 Å². The summed E-state index contributed by atoms with van der Waals surface area (Å²) >= 11 is 0. The van der Waals surface area contributed by atoms with Crippen LogP contribution < -0.4 is 0 Å². The number of carbonyl (C=O) groups excluding carboxylic acids is 3. The number of Topliss-reactive ketones (excluding diaryl/α,β-unsaturated/α-hetero) is 2. The molecule has 4 nitrogen and oxygen atoms in total. The van der Waals surface area contributed by atoms with Crippen molar-refractivity contribution >= 4 is 17.5 Å². The molecule has 3 unspecified atom stereocenters. The molecule has 1 aliphatic rings. The third kappa shape index (κ3) is 3.04. The highest BCUT2D eigenvalue weighted by molar-refractivity contribution is 6.13. The van der Waals surface area contributed by atoms with Crippen molar-refractivity contribution in [3.63, 3.8) is 0 Å². The number of ketones is 2. The van der Waals surface area contributed by atoms with Crippen molar-refractivity contribution in [1.82, 2.24) is 0 Å². The van der Waals surface area contributed by atoms with E-state index in [9.17, 15) is 14.4 Å². The van der Waals surface area contributed by atoms with E-state index >= 15 is 0 Å². The molecule has 1 saturated carbocycles. The Labute approximate surface area is 114 Å². The van der Waals surface area contributed by atoms with Crippen molar-refractivity contribution in [2.45, 2.75) is 52.9 Å². The van der Waals surface area contributed by atoms with E-state index in [1.54, 1.807) is 0 Å². The van der Waals surface area contributed by atoms with E-state index in [-0.39, 0.29) is 11.6 Å². The lowest BCUT2D eigenvalue weighted by Crippen LogP contribution is -2.50. The van der Waals surface area contributed by atoms with Crippen molar-refractivity contribution in [3.8, 4) is 0 Å². The fraction of sp³-hybridized carbons (Fsp3) is 0.800. The van der Waals surface area contributed by atoms with Crippen LogP contribution in [-0.2, 0) is 19.1 Å². The second kappa shape index (κ2) is 6.31. The average Bonchev–Trinajstić information content (AvgIpc) is 2.34. The summed E-state index contributed by atoms with van der Waals surface area (Å²) in [4.78, 5) is 36.6. The van der Waals surface area contributed by atoms with Crippen LogP contribution in [0.25, 0.3) is 0 Å². The highest BCUT2D eigenvalue weighted by Crippen LogP contribution is 2.44. The Morgan fingerprint density at radius 2 is 1.95 bits per heavy atom. The van der Waals surface area contributed by atoms with Gasteiger partial charge in [-0.3, -0.25) is 14.4 Å². The maximum absolute atomic E-state index is 12.5. The minimum Gasteiger partial charge on any atom is -0.468 e. The van der Waals surface area contributed by atoms with E-state index in [2.05, 4.69) is 0 Å². The molecule has 0 N–H and O–H groups in total. The van der Waals surface area contributed by atoms with E-state index in [1.165, 1.54) is 7.11 Å². The van der Waals surface area contributed by atoms with Crippen LogP contribution in [0.4, 0.5) is 0 Å². The van der Waals surface area contributed by atoms with Crippen molar-refractivity contribution < 1.29 is 19.1 Å². The molecule has 0 saturated heterocycles. The van der Waals surface area contributed by atoms with Crippen molar-refractivity contribution in [1.29, 1.82) is 0 Å². The van der Waals surface area contributed by atoms with Gasteiger partial charge in [0.15, 0.2) is 5.78 Å². The number of hydrogen-bond donors (Lipinski definition) is 0. The summed E-state index contributed by atoms with van der Waals surface area (Å²) < 4.78 is 4.79. The number of hydrogen-bond acceptors (Lipinski definition) is 4. The lowest BCUT2D eigenvalue weighted by Gasteiger charge is -2.40. The lowest BCUT2D eigenvalue weighted by molar-refractivity contribution is -0.162. The normalized spacial score (nSPS) is 31.4. The van der Waals surface area contributed by atoms with Gasteiger partial charge in [-0.2, -0.15) is 0 Å². The number of methoxy groups -OCH3 is 1. The summed E-state index contributed by atoms with van der Waals surface area (Å²) in [6.45, 7) is 5.79. The summed E-state index contributed by atoms with van der Waals surface area (Å²) in [5.41, 5.74) is -0.583. The van der Waals surface area contributed by atoms with E-state index in [4.69, 9.17) is 4.74 Å². The topological polar surface area (TPSA) is 60.4 Å². The van der Waals surface area contributed by atoms with Gasteiger partial charge in [-0.25, -0.2) is 0 Å². The zero-order valence-electron chi connectivity index (χ0n) is 12.3. The van der Waals surface area contributed by atoms with Gasteiger partial charge in [-0.15, -0.1) is 0 Å². The summed E-state index contributed by atoms with van der Waals surface area (Å²) in [5, 5.41) is 0. The SMILES string of the molecule is CCCC1C(=O)CC(C)(CCC)C(C(=O)OC)C1=O. The molecule has 0 amide bonds. The Balaban J connectivity index is 3.12. The maximum atomic E-state index is 12.5. The molecule has 0 spiro atoms. The molecule has 4 heteroatoms. The van der Waals surface area contributed by atoms with E-state index in [0.717, 1.165) is 12.8 Å². The minimum atomic E-state index is -0.785. The second-order valence-electron chi connectivity index (χ2n) is 5.75. The first-order valence-electron chi connectivity index (χ1n) is 7.05. The zero-order valence-corrected chi connectivity index (χ0v) is 12.3. The van der Waals surface area contributed by atoms with Gasteiger partial charge in [0.05, 0.1) is 13.0 Å². The molecule has 3 atom stereocenters. The van der Waals surface area contributed by atoms with E-state index in [1.807, 2.05) is 20.8 Å². The molecule has 1 rings (SSSR count). The molecule has 0 bridgehead atoms. The van der Waals surface area contributed by atoms with Crippen LogP contribution in [0.1, 0.15) is 52.9 Å². The van der Waals surface area contributed by atoms with Crippen LogP contribution in [0, 0.1) is 17.3 Å². The quantitative estimate of drug-likeness (QED) is 0.568. The van der Waals surface area contributed by atoms with Gasteiger partial charge in [0.25, 0.3) is 0 Å². The summed E-state index contributed by atoms with van der Waals surface area (Å²) in [5.74, 6) is -2.14. The van der Waals surface area contributed by atoms with Gasteiger partial charge in [0, 0.05) is 6.42 Å². The van der Waals surface area contributed by atoms with Crippen LogP contribution in [0.2, 0.25) is 0 Å². The summed E-state index contributed by atoms with van der Waals surface area (Å²) in [7, 11) is 1.30. The fourth-order valence-corrected chi connectivity index (χ4v) is 3.24. The van der Waals surface area contributed by atoms with Gasteiger partial charge in [-0.05, 0) is 18.3 Å². The molecule has 0 aromatic carbocycles. The molecule has 0 aromatic heterocycles. The molecule has 19 heavy (non-hydrogen) atoms. The maximum Gasteiger partial charge on any atom is 0.316 e. The third-order valence-corrected chi connectivity index (χ3v) is 4.13. The van der Waals surface area contributed by atoms with Crippen molar-refractivity contribution in [2.75, 3.05) is 7.11 Å². The first-order valence-corrected chi connectivity index (χ1v) is 7.05. The fourth-order valence-electron chi connectivity index (χ4n) is 3.24. The zero-order chi connectivity index (χ0) is 14.6. The molecular formula is C15H24O4. The Morgan fingerprint density at radius 1 is 1.32 bits per heavy atom. The Morgan fingerprint density at radius 3 is 2.42 bits per heavy atom. The van der Waals surface area contributed by atoms with E-state index in [0.29, 0.717) is 19.3 Å². The summed E-state index contributed by atoms with van der Waals surface area (Å²) in [6, 6.07) is 0. The van der Waals surface area contributed by atoms with Gasteiger partial charge >= 0.3 is 5.97 Å². The van der Waals surface area contributed by atoms with Gasteiger partial charge in [-0.1, -0.05) is 33.6 Å². The second-order valence-corrected chi connectivity index (χ2v) is 5.75. The number of rotatable bonds is 5. The molecule has 1 fully saturated rings. The van der Waals surface area contributed by atoms with Crippen LogP contribution in [0.3, 0.4) is 0 Å². The number of carbonyl (C=O) groups is 3. The first kappa shape index (κ1) is 15.9. The Hall–Kier alpha value is -1.19. The van der Waals surface area contributed by atoms with Crippen LogP contribution in [-0.4, -0.2) is 24.6 Å². The molecule has 0 aliphatic heterocycles. The van der Waals surface area contributed by atoms with Crippen molar-refractivity contribution in [3.05, 3.63) is 0 Å². The molecule has 0 radical (unpaired) electrons. The molecule has 0 aromatic rings.